The van der Waals surface area contributed by atoms with Gasteiger partial charge in [0.05, 0.1) is 19.8 Å². The molecule has 0 unspecified atom stereocenters. The number of rotatable bonds is 5. The van der Waals surface area contributed by atoms with Crippen LogP contribution in [0.1, 0.15) is 23.6 Å². The van der Waals surface area contributed by atoms with Gasteiger partial charge in [-0.2, -0.15) is 0 Å². The first kappa shape index (κ1) is 16.8. The number of carbonyl (C=O) groups excluding carboxylic acids is 1. The van der Waals surface area contributed by atoms with E-state index in [9.17, 15) is 4.79 Å². The Morgan fingerprint density at radius 1 is 1.04 bits per heavy atom. The predicted octanol–water partition coefficient (Wildman–Crippen LogP) is 4.25. The summed E-state index contributed by atoms with van der Waals surface area (Å²) in [6.07, 6.45) is 4.47. The van der Waals surface area contributed by atoms with Crippen LogP contribution in [0.2, 0.25) is 0 Å². The molecule has 0 aromatic heterocycles. The topological polar surface area (TPSA) is 44.8 Å². The summed E-state index contributed by atoms with van der Waals surface area (Å²) in [4.78, 5) is 12.2. The molecule has 128 valence electrons. The lowest BCUT2D eigenvalue weighted by molar-refractivity contribution is -0.130. The lowest BCUT2D eigenvalue weighted by Gasteiger charge is -2.07. The first-order valence-electron chi connectivity index (χ1n) is 8.11. The SMILES string of the molecule is CCc1ccc(C2=C/C(=C/c3cc(OC)ccc3OC)C(=O)O2)cc1. The van der Waals surface area contributed by atoms with Crippen molar-refractivity contribution in [3.05, 3.63) is 70.8 Å². The van der Waals surface area contributed by atoms with E-state index in [0.29, 0.717) is 22.8 Å². The van der Waals surface area contributed by atoms with Crippen LogP contribution in [0.15, 0.2) is 54.1 Å². The first-order valence-corrected chi connectivity index (χ1v) is 8.11. The molecule has 3 rings (SSSR count). The Kier molecular flexibility index (Phi) is 4.89. The standard InChI is InChI=1S/C21H20O4/c1-4-14-5-7-15(8-6-14)20-13-17(21(22)25-20)11-16-12-18(23-2)9-10-19(16)24-3/h5-13H,4H2,1-3H3/b17-11-. The molecule has 0 saturated heterocycles. The number of methoxy groups -OCH3 is 2. The maximum atomic E-state index is 12.2. The second kappa shape index (κ2) is 7.26. The van der Waals surface area contributed by atoms with Crippen molar-refractivity contribution in [2.24, 2.45) is 0 Å². The number of cyclic esters (lactones) is 1. The summed E-state index contributed by atoms with van der Waals surface area (Å²) in [7, 11) is 3.19. The van der Waals surface area contributed by atoms with Crippen LogP contribution in [0.3, 0.4) is 0 Å². The van der Waals surface area contributed by atoms with Crippen LogP contribution in [0, 0.1) is 0 Å². The smallest absolute Gasteiger partial charge is 0.343 e. The second-order valence-corrected chi connectivity index (χ2v) is 5.66. The summed E-state index contributed by atoms with van der Waals surface area (Å²) < 4.78 is 16.0. The number of benzene rings is 2. The highest BCUT2D eigenvalue weighted by molar-refractivity contribution is 6.05. The molecule has 1 heterocycles. The second-order valence-electron chi connectivity index (χ2n) is 5.66. The molecule has 1 aliphatic heterocycles. The van der Waals surface area contributed by atoms with Crippen molar-refractivity contribution in [2.75, 3.05) is 14.2 Å². The van der Waals surface area contributed by atoms with Gasteiger partial charge >= 0.3 is 5.97 Å². The molecule has 0 amide bonds. The molecule has 0 aliphatic carbocycles. The van der Waals surface area contributed by atoms with Crippen LogP contribution in [0.25, 0.3) is 11.8 Å². The van der Waals surface area contributed by atoms with Crippen molar-refractivity contribution < 1.29 is 19.0 Å². The highest BCUT2D eigenvalue weighted by Crippen LogP contribution is 2.31. The molecule has 0 radical (unpaired) electrons. The maximum absolute atomic E-state index is 12.2. The quantitative estimate of drug-likeness (QED) is 0.605. The number of carbonyl (C=O) groups is 1. The number of ether oxygens (including phenoxy) is 3. The van der Waals surface area contributed by atoms with Gasteiger partial charge in [0.25, 0.3) is 0 Å². The Bertz CT molecular complexity index is 845. The van der Waals surface area contributed by atoms with Gasteiger partial charge in [0.15, 0.2) is 0 Å². The fourth-order valence-electron chi connectivity index (χ4n) is 2.66. The lowest BCUT2D eigenvalue weighted by atomic mass is 10.1. The fourth-order valence-corrected chi connectivity index (χ4v) is 2.66. The van der Waals surface area contributed by atoms with Gasteiger partial charge in [-0.1, -0.05) is 31.2 Å². The number of esters is 1. The van der Waals surface area contributed by atoms with Crippen molar-refractivity contribution >= 4 is 17.8 Å². The third-order valence-electron chi connectivity index (χ3n) is 4.12. The summed E-state index contributed by atoms with van der Waals surface area (Å²) in [5.41, 5.74) is 3.35. The van der Waals surface area contributed by atoms with E-state index in [1.165, 1.54) is 5.56 Å². The zero-order valence-corrected chi connectivity index (χ0v) is 14.5. The van der Waals surface area contributed by atoms with Crippen molar-refractivity contribution in [3.63, 3.8) is 0 Å². The minimum atomic E-state index is -0.376. The summed E-state index contributed by atoms with van der Waals surface area (Å²) in [5, 5.41) is 0. The number of hydrogen-bond acceptors (Lipinski definition) is 4. The van der Waals surface area contributed by atoms with E-state index in [2.05, 4.69) is 6.92 Å². The molecule has 0 saturated carbocycles. The highest BCUT2D eigenvalue weighted by Gasteiger charge is 2.22. The van der Waals surface area contributed by atoms with Crippen LogP contribution >= 0.6 is 0 Å². The zero-order chi connectivity index (χ0) is 17.8. The van der Waals surface area contributed by atoms with Crippen molar-refractivity contribution in [1.29, 1.82) is 0 Å². The third-order valence-corrected chi connectivity index (χ3v) is 4.12. The molecule has 0 spiro atoms. The monoisotopic (exact) mass is 336 g/mol. The Morgan fingerprint density at radius 2 is 1.80 bits per heavy atom. The van der Waals surface area contributed by atoms with E-state index in [0.717, 1.165) is 17.5 Å². The van der Waals surface area contributed by atoms with Gasteiger partial charge in [-0.05, 0) is 42.3 Å². The molecule has 2 aromatic rings. The van der Waals surface area contributed by atoms with Crippen molar-refractivity contribution in [1.82, 2.24) is 0 Å². The van der Waals surface area contributed by atoms with E-state index in [4.69, 9.17) is 14.2 Å². The summed E-state index contributed by atoms with van der Waals surface area (Å²) in [5.74, 6) is 1.54. The molecule has 2 aromatic carbocycles. The van der Waals surface area contributed by atoms with Gasteiger partial charge in [0.1, 0.15) is 17.3 Å². The van der Waals surface area contributed by atoms with Gasteiger partial charge in [-0.15, -0.1) is 0 Å². The van der Waals surface area contributed by atoms with Crippen LogP contribution < -0.4 is 9.47 Å². The average Bonchev–Trinajstić information content (AvgIpc) is 3.02. The molecule has 4 nitrogen and oxygen atoms in total. The Balaban J connectivity index is 1.95. The normalized spacial score (nSPS) is 15.1. The molecule has 25 heavy (non-hydrogen) atoms. The Hall–Kier alpha value is -3.01. The first-order chi connectivity index (χ1) is 12.1. The summed E-state index contributed by atoms with van der Waals surface area (Å²) >= 11 is 0. The Morgan fingerprint density at radius 3 is 2.44 bits per heavy atom. The van der Waals surface area contributed by atoms with Crippen LogP contribution in [-0.2, 0) is 16.0 Å². The van der Waals surface area contributed by atoms with E-state index in [1.807, 2.05) is 36.4 Å². The summed E-state index contributed by atoms with van der Waals surface area (Å²) in [6.45, 7) is 2.10. The van der Waals surface area contributed by atoms with E-state index < -0.39 is 0 Å². The van der Waals surface area contributed by atoms with E-state index in [-0.39, 0.29) is 5.97 Å². The molecular formula is C21H20O4. The molecular weight excluding hydrogens is 316 g/mol. The lowest BCUT2D eigenvalue weighted by Crippen LogP contribution is -1.98. The minimum absolute atomic E-state index is 0.376. The van der Waals surface area contributed by atoms with Crippen LogP contribution in [0.5, 0.6) is 11.5 Å². The molecule has 0 bridgehead atoms. The maximum Gasteiger partial charge on any atom is 0.343 e. The van der Waals surface area contributed by atoms with Gasteiger partial charge < -0.3 is 14.2 Å². The average molecular weight is 336 g/mol. The van der Waals surface area contributed by atoms with Gasteiger partial charge in [-0.25, -0.2) is 4.79 Å². The van der Waals surface area contributed by atoms with Crippen molar-refractivity contribution in [3.8, 4) is 11.5 Å². The molecule has 0 N–H and O–H groups in total. The number of hydrogen-bond donors (Lipinski definition) is 0. The molecule has 0 fully saturated rings. The van der Waals surface area contributed by atoms with Gasteiger partial charge in [0.2, 0.25) is 0 Å². The molecule has 0 atom stereocenters. The van der Waals surface area contributed by atoms with E-state index in [1.54, 1.807) is 32.4 Å². The summed E-state index contributed by atoms with van der Waals surface area (Å²) in [6, 6.07) is 13.4. The number of aryl methyl sites for hydroxylation is 1. The third kappa shape index (κ3) is 3.58. The molecule has 4 heteroatoms. The van der Waals surface area contributed by atoms with Gasteiger partial charge in [-0.3, -0.25) is 0 Å². The van der Waals surface area contributed by atoms with Crippen LogP contribution in [-0.4, -0.2) is 20.2 Å². The predicted molar refractivity (Wildman–Crippen MR) is 97.4 cm³/mol. The van der Waals surface area contributed by atoms with Crippen LogP contribution in [0.4, 0.5) is 0 Å². The fraction of sp³-hybridized carbons (Fsp3) is 0.190. The Labute approximate surface area is 147 Å². The van der Waals surface area contributed by atoms with E-state index >= 15 is 0 Å². The molecule has 1 aliphatic rings. The minimum Gasteiger partial charge on any atom is -0.497 e. The van der Waals surface area contributed by atoms with Crippen molar-refractivity contribution in [2.45, 2.75) is 13.3 Å². The zero-order valence-electron chi connectivity index (χ0n) is 14.5. The largest absolute Gasteiger partial charge is 0.497 e. The highest BCUT2D eigenvalue weighted by atomic mass is 16.5. The van der Waals surface area contributed by atoms with Gasteiger partial charge in [0, 0.05) is 11.1 Å².